The van der Waals surface area contributed by atoms with Crippen molar-refractivity contribution in [1.82, 2.24) is 4.98 Å². The van der Waals surface area contributed by atoms with Crippen LogP contribution in [0.5, 0.6) is 0 Å². The average Bonchev–Trinajstić information content (AvgIpc) is 2.46. The van der Waals surface area contributed by atoms with Crippen LogP contribution in [0, 0.1) is 5.92 Å². The first-order valence-corrected chi connectivity index (χ1v) is 7.53. The van der Waals surface area contributed by atoms with Crippen LogP contribution in [0.2, 0.25) is 0 Å². The molecule has 0 spiro atoms. The Kier molecular flexibility index (Phi) is 3.61. The van der Waals surface area contributed by atoms with Gasteiger partial charge in [0.2, 0.25) is 5.91 Å². The van der Waals surface area contributed by atoms with Gasteiger partial charge in [-0.1, -0.05) is 22.0 Å². The lowest BCUT2D eigenvalue weighted by Gasteiger charge is -2.31. The van der Waals surface area contributed by atoms with Crippen molar-refractivity contribution in [3.8, 4) is 0 Å². The maximum Gasteiger partial charge on any atom is 0.220 e. The summed E-state index contributed by atoms with van der Waals surface area (Å²) in [6, 6.07) is 10.2. The highest BCUT2D eigenvalue weighted by Crippen LogP contribution is 2.25. The Bertz CT molecular complexity index is 651. The van der Waals surface area contributed by atoms with Crippen LogP contribution in [0.25, 0.3) is 10.9 Å². The number of fused-ring (bicyclic) bond motifs is 1. The van der Waals surface area contributed by atoms with Crippen molar-refractivity contribution in [2.75, 3.05) is 18.0 Å². The molecule has 104 valence electrons. The number of hydrogen-bond acceptors (Lipinski definition) is 3. The number of carbonyl (C=O) groups is 1. The van der Waals surface area contributed by atoms with E-state index in [2.05, 4.69) is 33.0 Å². The van der Waals surface area contributed by atoms with Gasteiger partial charge in [0.05, 0.1) is 5.52 Å². The molecule has 1 amide bonds. The molecule has 2 aromatic rings. The summed E-state index contributed by atoms with van der Waals surface area (Å²) < 4.78 is 1.03. The molecule has 2 heterocycles. The van der Waals surface area contributed by atoms with Gasteiger partial charge in [0.15, 0.2) is 0 Å². The summed E-state index contributed by atoms with van der Waals surface area (Å²) >= 11 is 3.47. The van der Waals surface area contributed by atoms with Crippen LogP contribution in [0.1, 0.15) is 12.8 Å². The fourth-order valence-corrected chi connectivity index (χ4v) is 3.00. The summed E-state index contributed by atoms with van der Waals surface area (Å²) in [6.07, 6.45) is 1.63. The molecule has 5 heteroatoms. The third kappa shape index (κ3) is 2.63. The minimum absolute atomic E-state index is 0.0147. The lowest BCUT2D eigenvalue weighted by molar-refractivity contribution is -0.122. The first-order chi connectivity index (χ1) is 9.63. The summed E-state index contributed by atoms with van der Waals surface area (Å²) in [5.74, 6) is 0.805. The van der Waals surface area contributed by atoms with Gasteiger partial charge in [-0.05, 0) is 37.1 Å². The number of hydrogen-bond donors (Lipinski definition) is 1. The lowest BCUT2D eigenvalue weighted by Crippen LogP contribution is -2.38. The minimum atomic E-state index is -0.181. The Morgan fingerprint density at radius 2 is 1.95 bits per heavy atom. The molecule has 1 fully saturated rings. The molecule has 2 N–H and O–H groups in total. The minimum Gasteiger partial charge on any atom is -0.369 e. The molecule has 0 saturated carbocycles. The zero-order valence-electron chi connectivity index (χ0n) is 11.1. The SMILES string of the molecule is NC(=O)C1CCN(c2ccc3ccc(Br)cc3n2)CC1. The quantitative estimate of drug-likeness (QED) is 0.919. The van der Waals surface area contributed by atoms with Crippen molar-refractivity contribution in [3.63, 3.8) is 0 Å². The molecule has 1 aromatic carbocycles. The molecule has 0 aliphatic carbocycles. The van der Waals surface area contributed by atoms with E-state index in [1.54, 1.807) is 0 Å². The van der Waals surface area contributed by atoms with E-state index in [1.807, 2.05) is 18.2 Å². The van der Waals surface area contributed by atoms with Crippen LogP contribution in [0.4, 0.5) is 5.82 Å². The monoisotopic (exact) mass is 333 g/mol. The molecule has 0 radical (unpaired) electrons. The van der Waals surface area contributed by atoms with Crippen LogP contribution in [-0.2, 0) is 4.79 Å². The second-order valence-corrected chi connectivity index (χ2v) is 6.09. The first-order valence-electron chi connectivity index (χ1n) is 6.74. The van der Waals surface area contributed by atoms with E-state index in [1.165, 1.54) is 0 Å². The standard InChI is InChI=1S/C15H16BrN3O/c16-12-3-1-10-2-4-14(18-13(10)9-12)19-7-5-11(6-8-19)15(17)20/h1-4,9,11H,5-8H2,(H2,17,20). The van der Waals surface area contributed by atoms with Gasteiger partial charge in [-0.3, -0.25) is 4.79 Å². The molecular formula is C15H16BrN3O. The van der Waals surface area contributed by atoms with Gasteiger partial charge >= 0.3 is 0 Å². The average molecular weight is 334 g/mol. The number of piperidine rings is 1. The number of amides is 1. The lowest BCUT2D eigenvalue weighted by atomic mass is 9.96. The fraction of sp³-hybridized carbons (Fsp3) is 0.333. The molecule has 3 rings (SSSR count). The van der Waals surface area contributed by atoms with Gasteiger partial charge in [-0.2, -0.15) is 0 Å². The topological polar surface area (TPSA) is 59.2 Å². The molecule has 1 aliphatic heterocycles. The van der Waals surface area contributed by atoms with Gasteiger partial charge in [0.25, 0.3) is 0 Å². The maximum atomic E-state index is 11.2. The van der Waals surface area contributed by atoms with Crippen molar-refractivity contribution >= 4 is 38.6 Å². The zero-order chi connectivity index (χ0) is 14.1. The maximum absolute atomic E-state index is 11.2. The van der Waals surface area contributed by atoms with Gasteiger partial charge in [-0.15, -0.1) is 0 Å². The largest absolute Gasteiger partial charge is 0.369 e. The molecule has 0 unspecified atom stereocenters. The van der Waals surface area contributed by atoms with E-state index >= 15 is 0 Å². The molecular weight excluding hydrogens is 318 g/mol. The first kappa shape index (κ1) is 13.4. The van der Waals surface area contributed by atoms with Crippen LogP contribution < -0.4 is 10.6 Å². The molecule has 1 aromatic heterocycles. The highest BCUT2D eigenvalue weighted by molar-refractivity contribution is 9.10. The zero-order valence-corrected chi connectivity index (χ0v) is 12.6. The predicted molar refractivity (Wildman–Crippen MR) is 83.6 cm³/mol. The number of halogens is 1. The van der Waals surface area contributed by atoms with E-state index in [-0.39, 0.29) is 11.8 Å². The van der Waals surface area contributed by atoms with Crippen molar-refractivity contribution in [3.05, 3.63) is 34.8 Å². The van der Waals surface area contributed by atoms with Crippen molar-refractivity contribution in [2.24, 2.45) is 11.7 Å². The summed E-state index contributed by atoms with van der Waals surface area (Å²) in [5, 5.41) is 1.13. The molecule has 4 nitrogen and oxygen atoms in total. The van der Waals surface area contributed by atoms with Gasteiger partial charge < -0.3 is 10.6 Å². The van der Waals surface area contributed by atoms with Crippen molar-refractivity contribution in [1.29, 1.82) is 0 Å². The molecule has 20 heavy (non-hydrogen) atoms. The second-order valence-electron chi connectivity index (χ2n) is 5.17. The number of pyridine rings is 1. The van der Waals surface area contributed by atoms with Crippen LogP contribution in [0.15, 0.2) is 34.8 Å². The summed E-state index contributed by atoms with van der Waals surface area (Å²) in [5.41, 5.74) is 6.34. The van der Waals surface area contributed by atoms with E-state index in [9.17, 15) is 4.79 Å². The predicted octanol–water partition coefficient (Wildman–Crippen LogP) is 2.70. The van der Waals surface area contributed by atoms with Crippen LogP contribution in [-0.4, -0.2) is 24.0 Å². The number of carbonyl (C=O) groups excluding carboxylic acids is 1. The Morgan fingerprint density at radius 3 is 2.65 bits per heavy atom. The number of aromatic nitrogens is 1. The Labute approximate surface area is 126 Å². The van der Waals surface area contributed by atoms with Crippen molar-refractivity contribution in [2.45, 2.75) is 12.8 Å². The Hall–Kier alpha value is -1.62. The number of nitrogens with two attached hydrogens (primary N) is 1. The van der Waals surface area contributed by atoms with E-state index in [0.29, 0.717) is 0 Å². The fourth-order valence-electron chi connectivity index (χ4n) is 2.65. The Balaban J connectivity index is 1.82. The van der Waals surface area contributed by atoms with E-state index in [4.69, 9.17) is 10.7 Å². The highest BCUT2D eigenvalue weighted by Gasteiger charge is 2.23. The van der Waals surface area contributed by atoms with Crippen LogP contribution >= 0.6 is 15.9 Å². The number of primary amides is 1. The summed E-state index contributed by atoms with van der Waals surface area (Å²) in [4.78, 5) is 18.1. The van der Waals surface area contributed by atoms with Crippen LogP contribution in [0.3, 0.4) is 0 Å². The Morgan fingerprint density at radius 1 is 1.25 bits per heavy atom. The van der Waals surface area contributed by atoms with Gasteiger partial charge in [0.1, 0.15) is 5.82 Å². The van der Waals surface area contributed by atoms with Gasteiger partial charge in [-0.25, -0.2) is 4.98 Å². The van der Waals surface area contributed by atoms with E-state index < -0.39 is 0 Å². The third-order valence-electron chi connectivity index (χ3n) is 3.86. The third-order valence-corrected chi connectivity index (χ3v) is 4.35. The summed E-state index contributed by atoms with van der Waals surface area (Å²) in [6.45, 7) is 1.67. The summed E-state index contributed by atoms with van der Waals surface area (Å²) in [7, 11) is 0. The van der Waals surface area contributed by atoms with Gasteiger partial charge in [0, 0.05) is 28.9 Å². The molecule has 1 saturated heterocycles. The van der Waals surface area contributed by atoms with Crippen molar-refractivity contribution < 1.29 is 4.79 Å². The molecule has 1 aliphatic rings. The number of rotatable bonds is 2. The molecule has 0 bridgehead atoms. The second kappa shape index (κ2) is 5.40. The normalized spacial score (nSPS) is 16.6. The number of benzene rings is 1. The molecule has 0 atom stereocenters. The van der Waals surface area contributed by atoms with E-state index in [0.717, 1.165) is 47.1 Å². The number of anilines is 1. The highest BCUT2D eigenvalue weighted by atomic mass is 79.9. The number of nitrogens with zero attached hydrogens (tertiary/aromatic N) is 2. The smallest absolute Gasteiger partial charge is 0.220 e.